The van der Waals surface area contributed by atoms with E-state index in [1.807, 2.05) is 0 Å². The van der Waals surface area contributed by atoms with Crippen LogP contribution in [0.1, 0.15) is 40.3 Å². The molecule has 2 aromatic heterocycles. The fourth-order valence-corrected chi connectivity index (χ4v) is 4.53. The standard InChI is InChI=1S/C19H17F2N3O2S/c1-10-15-18(23-14-5-3-2-4-6-24(14)19(15)26)27-16(10)17(25)22-13-8-11(20)7-12(21)9-13/h7-9H,2-6H2,1H3,(H,22,25). The fraction of sp³-hybridized carbons (Fsp3) is 0.316. The lowest BCUT2D eigenvalue weighted by Crippen LogP contribution is -2.24. The van der Waals surface area contributed by atoms with Crippen molar-refractivity contribution in [2.45, 2.75) is 39.2 Å². The van der Waals surface area contributed by atoms with Crippen LogP contribution in [-0.4, -0.2) is 15.5 Å². The predicted octanol–water partition coefficient (Wildman–Crippen LogP) is 4.02. The molecular weight excluding hydrogens is 372 g/mol. The van der Waals surface area contributed by atoms with E-state index in [4.69, 9.17) is 0 Å². The van der Waals surface area contributed by atoms with E-state index in [0.717, 1.165) is 61.0 Å². The average Bonchev–Trinajstić information content (AvgIpc) is 2.77. The molecule has 0 unspecified atom stereocenters. The molecule has 27 heavy (non-hydrogen) atoms. The molecule has 1 aliphatic heterocycles. The smallest absolute Gasteiger partial charge is 0.266 e. The van der Waals surface area contributed by atoms with Crippen LogP contribution in [-0.2, 0) is 13.0 Å². The molecule has 8 heteroatoms. The van der Waals surface area contributed by atoms with Gasteiger partial charge in [-0.15, -0.1) is 11.3 Å². The van der Waals surface area contributed by atoms with Crippen LogP contribution in [0.15, 0.2) is 23.0 Å². The average molecular weight is 389 g/mol. The summed E-state index contributed by atoms with van der Waals surface area (Å²) in [4.78, 5) is 31.0. The zero-order valence-electron chi connectivity index (χ0n) is 14.6. The molecule has 0 bridgehead atoms. The number of aromatic nitrogens is 2. The number of anilines is 1. The summed E-state index contributed by atoms with van der Waals surface area (Å²) >= 11 is 1.13. The summed E-state index contributed by atoms with van der Waals surface area (Å²) in [7, 11) is 0. The molecule has 0 aliphatic carbocycles. The van der Waals surface area contributed by atoms with Crippen LogP contribution in [0.25, 0.3) is 10.2 Å². The third-order valence-corrected chi connectivity index (χ3v) is 5.92. The third-order valence-electron chi connectivity index (χ3n) is 4.74. The van der Waals surface area contributed by atoms with Crippen molar-refractivity contribution >= 4 is 33.1 Å². The number of thiophene rings is 1. The predicted molar refractivity (Wildman–Crippen MR) is 100 cm³/mol. The van der Waals surface area contributed by atoms with Gasteiger partial charge in [0.05, 0.1) is 10.3 Å². The van der Waals surface area contributed by atoms with Crippen molar-refractivity contribution < 1.29 is 13.6 Å². The monoisotopic (exact) mass is 389 g/mol. The Morgan fingerprint density at radius 2 is 1.93 bits per heavy atom. The Labute approximate surface area is 157 Å². The number of fused-ring (bicyclic) bond motifs is 2. The molecule has 0 spiro atoms. The minimum atomic E-state index is -0.776. The number of benzene rings is 1. The van der Waals surface area contributed by atoms with Gasteiger partial charge in [-0.25, -0.2) is 13.8 Å². The number of aryl methyl sites for hydroxylation is 2. The summed E-state index contributed by atoms with van der Waals surface area (Å²) < 4.78 is 28.4. The van der Waals surface area contributed by atoms with E-state index in [1.165, 1.54) is 0 Å². The van der Waals surface area contributed by atoms with Crippen molar-refractivity contribution in [3.05, 3.63) is 56.5 Å². The van der Waals surface area contributed by atoms with Gasteiger partial charge in [-0.05, 0) is 37.5 Å². The first-order chi connectivity index (χ1) is 12.9. The highest BCUT2D eigenvalue weighted by molar-refractivity contribution is 7.20. The van der Waals surface area contributed by atoms with E-state index >= 15 is 0 Å². The summed E-state index contributed by atoms with van der Waals surface area (Å²) in [6.07, 6.45) is 3.72. The lowest BCUT2D eigenvalue weighted by atomic mass is 10.2. The van der Waals surface area contributed by atoms with E-state index < -0.39 is 17.5 Å². The Morgan fingerprint density at radius 3 is 2.67 bits per heavy atom. The van der Waals surface area contributed by atoms with Gasteiger partial charge in [0.1, 0.15) is 22.3 Å². The Morgan fingerprint density at radius 1 is 1.19 bits per heavy atom. The normalized spacial score (nSPS) is 14.0. The number of halogens is 2. The molecule has 140 valence electrons. The van der Waals surface area contributed by atoms with E-state index in [0.29, 0.717) is 27.2 Å². The molecule has 0 atom stereocenters. The van der Waals surface area contributed by atoms with Crippen molar-refractivity contribution in [3.8, 4) is 0 Å². The first kappa shape index (κ1) is 17.8. The van der Waals surface area contributed by atoms with Crippen molar-refractivity contribution in [2.24, 2.45) is 0 Å². The summed E-state index contributed by atoms with van der Waals surface area (Å²) in [5.41, 5.74) is 0.442. The number of carbonyl (C=O) groups is 1. The van der Waals surface area contributed by atoms with Gasteiger partial charge in [-0.3, -0.25) is 14.2 Å². The highest BCUT2D eigenvalue weighted by Crippen LogP contribution is 2.29. The minimum Gasteiger partial charge on any atom is -0.321 e. The van der Waals surface area contributed by atoms with Crippen molar-refractivity contribution in [1.82, 2.24) is 9.55 Å². The van der Waals surface area contributed by atoms with Crippen LogP contribution in [0.3, 0.4) is 0 Å². The van der Waals surface area contributed by atoms with Crippen molar-refractivity contribution in [1.29, 1.82) is 0 Å². The maximum Gasteiger partial charge on any atom is 0.266 e. The van der Waals surface area contributed by atoms with Crippen LogP contribution >= 0.6 is 11.3 Å². The lowest BCUT2D eigenvalue weighted by molar-refractivity contribution is 0.103. The lowest BCUT2D eigenvalue weighted by Gasteiger charge is -2.08. The quantitative estimate of drug-likeness (QED) is 0.720. The molecule has 1 amide bonds. The second-order valence-corrected chi connectivity index (χ2v) is 7.64. The largest absolute Gasteiger partial charge is 0.321 e. The van der Waals surface area contributed by atoms with Gasteiger partial charge in [-0.2, -0.15) is 0 Å². The van der Waals surface area contributed by atoms with Crippen LogP contribution < -0.4 is 10.9 Å². The molecule has 0 fully saturated rings. The molecule has 3 aromatic rings. The second-order valence-electron chi connectivity index (χ2n) is 6.64. The zero-order chi connectivity index (χ0) is 19.1. The summed E-state index contributed by atoms with van der Waals surface area (Å²) in [6.45, 7) is 2.34. The molecular formula is C19H17F2N3O2S. The Kier molecular flexibility index (Phi) is 4.51. The molecule has 3 heterocycles. The highest BCUT2D eigenvalue weighted by atomic mass is 32.1. The van der Waals surface area contributed by atoms with Crippen molar-refractivity contribution in [2.75, 3.05) is 5.32 Å². The summed E-state index contributed by atoms with van der Waals surface area (Å²) in [5, 5.41) is 2.94. The van der Waals surface area contributed by atoms with Gasteiger partial charge in [0.2, 0.25) is 0 Å². The van der Waals surface area contributed by atoms with Crippen LogP contribution in [0.5, 0.6) is 0 Å². The number of nitrogens with one attached hydrogen (secondary N) is 1. The molecule has 0 saturated heterocycles. The minimum absolute atomic E-state index is 0.0230. The van der Waals surface area contributed by atoms with Gasteiger partial charge in [0.25, 0.3) is 11.5 Å². The highest BCUT2D eigenvalue weighted by Gasteiger charge is 2.22. The maximum atomic E-state index is 13.3. The van der Waals surface area contributed by atoms with Gasteiger partial charge in [0.15, 0.2) is 0 Å². The van der Waals surface area contributed by atoms with Crippen LogP contribution in [0.4, 0.5) is 14.5 Å². The zero-order valence-corrected chi connectivity index (χ0v) is 15.5. The van der Waals surface area contributed by atoms with E-state index in [9.17, 15) is 18.4 Å². The Hall–Kier alpha value is -2.61. The number of rotatable bonds is 2. The topological polar surface area (TPSA) is 64.0 Å². The van der Waals surface area contributed by atoms with E-state index in [2.05, 4.69) is 10.3 Å². The van der Waals surface area contributed by atoms with Gasteiger partial charge >= 0.3 is 0 Å². The van der Waals surface area contributed by atoms with Gasteiger partial charge in [-0.1, -0.05) is 6.42 Å². The number of nitrogens with zero attached hydrogens (tertiary/aromatic N) is 2. The third kappa shape index (κ3) is 3.25. The molecule has 5 nitrogen and oxygen atoms in total. The molecule has 0 saturated carbocycles. The molecule has 0 radical (unpaired) electrons. The number of amides is 1. The number of carbonyl (C=O) groups excluding carboxylic acids is 1. The molecule has 1 N–H and O–H groups in total. The van der Waals surface area contributed by atoms with Gasteiger partial charge < -0.3 is 5.32 Å². The summed E-state index contributed by atoms with van der Waals surface area (Å²) in [6, 6.07) is 2.82. The van der Waals surface area contributed by atoms with Crippen LogP contribution in [0, 0.1) is 18.6 Å². The molecule has 1 aromatic carbocycles. The Balaban J connectivity index is 1.76. The van der Waals surface area contributed by atoms with Crippen LogP contribution in [0.2, 0.25) is 0 Å². The number of hydrogen-bond donors (Lipinski definition) is 1. The Bertz CT molecular complexity index is 1100. The van der Waals surface area contributed by atoms with Gasteiger partial charge in [0, 0.05) is 24.7 Å². The molecule has 4 rings (SSSR count). The fourth-order valence-electron chi connectivity index (χ4n) is 3.44. The van der Waals surface area contributed by atoms with E-state index in [-0.39, 0.29) is 11.2 Å². The number of hydrogen-bond acceptors (Lipinski definition) is 4. The van der Waals surface area contributed by atoms with E-state index in [1.54, 1.807) is 11.5 Å². The SMILES string of the molecule is Cc1c(C(=O)Nc2cc(F)cc(F)c2)sc2nc3n(c(=O)c12)CCCCC3. The second kappa shape index (κ2) is 6.84. The first-order valence-corrected chi connectivity index (χ1v) is 9.56. The van der Waals surface area contributed by atoms with Crippen molar-refractivity contribution in [3.63, 3.8) is 0 Å². The molecule has 1 aliphatic rings. The first-order valence-electron chi connectivity index (χ1n) is 8.74. The summed E-state index contributed by atoms with van der Waals surface area (Å²) in [5.74, 6) is -1.31. The maximum absolute atomic E-state index is 13.3.